The average molecular weight is 725 g/mol. The van der Waals surface area contributed by atoms with Gasteiger partial charge < -0.3 is 27.8 Å². The van der Waals surface area contributed by atoms with E-state index in [1.54, 1.807) is 36.7 Å². The number of ether oxygens (including phenoxy) is 4. The molecule has 0 amide bonds. The highest BCUT2D eigenvalue weighted by molar-refractivity contribution is 5.79. The summed E-state index contributed by atoms with van der Waals surface area (Å²) in [5.74, 6) is 2.45. The van der Waals surface area contributed by atoms with Gasteiger partial charge in [-0.05, 0) is 90.5 Å². The molecule has 10 nitrogen and oxygen atoms in total. The number of hydrogen-bond acceptors (Lipinski definition) is 10. The van der Waals surface area contributed by atoms with Crippen LogP contribution in [0, 0.1) is 0 Å². The lowest BCUT2D eigenvalue weighted by Gasteiger charge is -2.22. The van der Waals surface area contributed by atoms with E-state index in [9.17, 15) is 9.59 Å². The van der Waals surface area contributed by atoms with Gasteiger partial charge in [-0.15, -0.1) is 0 Å². The summed E-state index contributed by atoms with van der Waals surface area (Å²) in [5.41, 5.74) is 3.74. The van der Waals surface area contributed by atoms with Crippen LogP contribution in [0.1, 0.15) is 5.56 Å². The Morgan fingerprint density at radius 3 is 1.46 bits per heavy atom. The van der Waals surface area contributed by atoms with Crippen LogP contribution < -0.4 is 20.3 Å². The largest absolute Gasteiger partial charge is 0.491 e. The molecule has 0 unspecified atom stereocenters. The predicted octanol–water partition coefficient (Wildman–Crippen LogP) is 7.62. The molecule has 0 saturated carbocycles. The van der Waals surface area contributed by atoms with Crippen LogP contribution in [0.15, 0.2) is 152 Å². The Morgan fingerprint density at radius 1 is 0.519 bits per heavy atom. The van der Waals surface area contributed by atoms with Gasteiger partial charge in [-0.1, -0.05) is 24.3 Å². The molecule has 0 bridgehead atoms. The molecule has 0 aliphatic heterocycles. The molecule has 7 aromatic rings. The summed E-state index contributed by atoms with van der Waals surface area (Å²) in [5, 5.41) is 1.13. The quantitative estimate of drug-likeness (QED) is 0.0820. The van der Waals surface area contributed by atoms with Crippen LogP contribution in [0.5, 0.6) is 11.5 Å². The normalized spacial score (nSPS) is 11.4. The molecule has 54 heavy (non-hydrogen) atoms. The molecule has 7 rings (SSSR count). The first kappa shape index (κ1) is 36.3. The zero-order valence-corrected chi connectivity index (χ0v) is 29.7. The number of benzene rings is 4. The molecule has 0 radical (unpaired) electrons. The molecular formula is C44H40N2O8. The van der Waals surface area contributed by atoms with Crippen molar-refractivity contribution in [1.29, 1.82) is 0 Å². The summed E-state index contributed by atoms with van der Waals surface area (Å²) in [6, 6.07) is 36.4. The lowest BCUT2D eigenvalue weighted by molar-refractivity contribution is 0.0534. The molecule has 0 spiro atoms. The SMILES string of the molecule is O=c1cc(-c2ccc(OCCOCCN(CCOCCOc3ccc(-c4cc(=O)c5ccccc5o4)cc3)Cc3ccncc3)cc2)oc2ccccc12. The van der Waals surface area contributed by atoms with Crippen LogP contribution in [-0.4, -0.2) is 62.6 Å². The molecule has 0 atom stereocenters. The van der Waals surface area contributed by atoms with Gasteiger partial charge in [0.2, 0.25) is 0 Å². The highest BCUT2D eigenvalue weighted by Gasteiger charge is 2.10. The molecule has 0 N–H and O–H groups in total. The minimum absolute atomic E-state index is 0.0715. The van der Waals surface area contributed by atoms with Crippen LogP contribution in [-0.2, 0) is 16.0 Å². The molecular weight excluding hydrogens is 684 g/mol. The zero-order chi connectivity index (χ0) is 37.0. The van der Waals surface area contributed by atoms with E-state index in [0.717, 1.165) is 36.3 Å². The number of para-hydroxylation sites is 2. The number of pyridine rings is 1. The molecule has 0 saturated heterocycles. The zero-order valence-electron chi connectivity index (χ0n) is 29.7. The van der Waals surface area contributed by atoms with Gasteiger partial charge in [0.1, 0.15) is 47.4 Å². The van der Waals surface area contributed by atoms with Crippen molar-refractivity contribution in [3.63, 3.8) is 0 Å². The Kier molecular flexibility index (Phi) is 12.2. The highest BCUT2D eigenvalue weighted by atomic mass is 16.5. The molecule has 0 fully saturated rings. The van der Waals surface area contributed by atoms with Crippen molar-refractivity contribution in [3.05, 3.63) is 160 Å². The Balaban J connectivity index is 0.813. The van der Waals surface area contributed by atoms with Gasteiger partial charge >= 0.3 is 0 Å². The molecule has 3 aromatic heterocycles. The minimum atomic E-state index is -0.0715. The fourth-order valence-corrected chi connectivity index (χ4v) is 5.97. The standard InChI is InChI=1S/C44H40N2O8/c47-39-29-43(53-41-7-3-1-5-37(39)41)33-9-13-35(14-10-33)51-27-25-49-23-21-46(31-32-17-19-45-20-18-32)22-24-50-26-28-52-36-15-11-34(12-16-36)44-30-40(48)38-6-2-4-8-42(38)54-44/h1-20,29-30H,21-28,31H2. The van der Waals surface area contributed by atoms with E-state index in [1.165, 1.54) is 12.1 Å². The predicted molar refractivity (Wildman–Crippen MR) is 208 cm³/mol. The number of nitrogens with zero attached hydrogens (tertiary/aromatic N) is 2. The van der Waals surface area contributed by atoms with E-state index >= 15 is 0 Å². The molecule has 3 heterocycles. The van der Waals surface area contributed by atoms with E-state index in [2.05, 4.69) is 9.88 Å². The van der Waals surface area contributed by atoms with Crippen LogP contribution in [0.4, 0.5) is 0 Å². The summed E-state index contributed by atoms with van der Waals surface area (Å²) >= 11 is 0. The van der Waals surface area contributed by atoms with Gasteiger partial charge in [0, 0.05) is 55.3 Å². The lowest BCUT2D eigenvalue weighted by atomic mass is 10.1. The smallest absolute Gasteiger partial charge is 0.193 e. The third-order valence-electron chi connectivity index (χ3n) is 8.80. The van der Waals surface area contributed by atoms with Gasteiger partial charge in [0.25, 0.3) is 0 Å². The van der Waals surface area contributed by atoms with E-state index in [0.29, 0.717) is 84.6 Å². The van der Waals surface area contributed by atoms with E-state index < -0.39 is 0 Å². The first-order valence-electron chi connectivity index (χ1n) is 17.9. The van der Waals surface area contributed by atoms with Gasteiger partial charge in [-0.3, -0.25) is 19.5 Å². The fourth-order valence-electron chi connectivity index (χ4n) is 5.97. The number of aromatic nitrogens is 1. The minimum Gasteiger partial charge on any atom is -0.491 e. The molecule has 0 aliphatic rings. The fraction of sp³-hybridized carbons (Fsp3) is 0.205. The Bertz CT molecular complexity index is 2230. The van der Waals surface area contributed by atoms with Crippen LogP contribution in [0.3, 0.4) is 0 Å². The summed E-state index contributed by atoms with van der Waals surface area (Å²) in [4.78, 5) is 31.4. The number of hydrogen-bond donors (Lipinski definition) is 0. The maximum Gasteiger partial charge on any atom is 0.193 e. The second-order valence-corrected chi connectivity index (χ2v) is 12.5. The average Bonchev–Trinajstić information content (AvgIpc) is 3.21. The second kappa shape index (κ2) is 18.1. The van der Waals surface area contributed by atoms with E-state index in [4.69, 9.17) is 27.8 Å². The van der Waals surface area contributed by atoms with Gasteiger partial charge in [0.05, 0.1) is 37.2 Å². The van der Waals surface area contributed by atoms with Crippen molar-refractivity contribution in [2.75, 3.05) is 52.7 Å². The van der Waals surface area contributed by atoms with Crippen LogP contribution in [0.2, 0.25) is 0 Å². The Labute approximate surface area is 312 Å². The first-order chi connectivity index (χ1) is 26.6. The lowest BCUT2D eigenvalue weighted by Crippen LogP contribution is -2.31. The number of fused-ring (bicyclic) bond motifs is 2. The third kappa shape index (κ3) is 9.67. The summed E-state index contributed by atoms with van der Waals surface area (Å²) in [6.07, 6.45) is 3.59. The van der Waals surface area contributed by atoms with Crippen LogP contribution in [0.25, 0.3) is 44.6 Å². The van der Waals surface area contributed by atoms with Crippen molar-refractivity contribution in [3.8, 4) is 34.1 Å². The summed E-state index contributed by atoms with van der Waals surface area (Å²) < 4.78 is 35.5. The van der Waals surface area contributed by atoms with E-state index in [1.807, 2.05) is 84.9 Å². The summed E-state index contributed by atoms with van der Waals surface area (Å²) in [6.45, 7) is 4.95. The monoisotopic (exact) mass is 724 g/mol. The van der Waals surface area contributed by atoms with Crippen molar-refractivity contribution < 1.29 is 27.8 Å². The van der Waals surface area contributed by atoms with Crippen molar-refractivity contribution in [1.82, 2.24) is 9.88 Å². The third-order valence-corrected chi connectivity index (χ3v) is 8.80. The second-order valence-electron chi connectivity index (χ2n) is 12.5. The topological polar surface area (TPSA) is 113 Å². The highest BCUT2D eigenvalue weighted by Crippen LogP contribution is 2.26. The van der Waals surface area contributed by atoms with Crippen LogP contribution >= 0.6 is 0 Å². The van der Waals surface area contributed by atoms with Crippen molar-refractivity contribution in [2.45, 2.75) is 6.54 Å². The number of rotatable bonds is 18. The molecule has 0 aliphatic carbocycles. The van der Waals surface area contributed by atoms with Crippen molar-refractivity contribution >= 4 is 21.9 Å². The maximum absolute atomic E-state index is 12.5. The first-order valence-corrected chi connectivity index (χ1v) is 17.9. The molecule has 4 aromatic carbocycles. The Hall–Kier alpha value is -6.07. The summed E-state index contributed by atoms with van der Waals surface area (Å²) in [7, 11) is 0. The van der Waals surface area contributed by atoms with Gasteiger partial charge in [-0.25, -0.2) is 0 Å². The van der Waals surface area contributed by atoms with Crippen molar-refractivity contribution in [2.24, 2.45) is 0 Å². The molecule has 274 valence electrons. The van der Waals surface area contributed by atoms with Gasteiger partial charge in [-0.2, -0.15) is 0 Å². The van der Waals surface area contributed by atoms with Gasteiger partial charge in [0.15, 0.2) is 10.9 Å². The maximum atomic E-state index is 12.5. The van der Waals surface area contributed by atoms with E-state index in [-0.39, 0.29) is 10.9 Å². The molecule has 10 heteroatoms. The Morgan fingerprint density at radius 2 is 0.981 bits per heavy atom.